The van der Waals surface area contributed by atoms with Crippen molar-refractivity contribution in [1.29, 1.82) is 0 Å². The molecule has 1 aromatic carbocycles. The number of hydrogen-bond donors (Lipinski definition) is 1. The number of alkyl halides is 3. The summed E-state index contributed by atoms with van der Waals surface area (Å²) in [7, 11) is 0. The molecule has 0 bridgehead atoms. The Bertz CT molecular complexity index is 385. The molecule has 0 aromatic heterocycles. The molecule has 1 aromatic rings. The second-order valence-electron chi connectivity index (χ2n) is 2.96. The zero-order valence-electron chi connectivity index (χ0n) is 7.61. The van der Waals surface area contributed by atoms with Gasteiger partial charge < -0.3 is 5.11 Å². The van der Waals surface area contributed by atoms with Gasteiger partial charge in [-0.25, -0.2) is 0 Å². The summed E-state index contributed by atoms with van der Waals surface area (Å²) < 4.78 is 37.2. The van der Waals surface area contributed by atoms with Crippen LogP contribution in [0.4, 0.5) is 13.2 Å². The van der Waals surface area contributed by atoms with Gasteiger partial charge in [-0.05, 0) is 40.0 Å². The third-order valence-electron chi connectivity index (χ3n) is 1.83. The van der Waals surface area contributed by atoms with Crippen molar-refractivity contribution in [3.05, 3.63) is 40.4 Å². The van der Waals surface area contributed by atoms with Crippen LogP contribution in [0.15, 0.2) is 29.3 Å². The summed E-state index contributed by atoms with van der Waals surface area (Å²) in [6.07, 6.45) is -2.79. The van der Waals surface area contributed by atoms with Gasteiger partial charge in [-0.15, -0.1) is 6.58 Å². The first kappa shape index (κ1) is 12.1. The maximum atomic E-state index is 12.4. The molecule has 0 radical (unpaired) electrons. The van der Waals surface area contributed by atoms with E-state index in [0.29, 0.717) is 0 Å². The van der Waals surface area contributed by atoms with E-state index >= 15 is 0 Å². The van der Waals surface area contributed by atoms with Gasteiger partial charge in [0.25, 0.3) is 0 Å². The Morgan fingerprint density at radius 1 is 1.40 bits per heavy atom. The van der Waals surface area contributed by atoms with Gasteiger partial charge >= 0.3 is 6.18 Å². The van der Waals surface area contributed by atoms with Crippen LogP contribution in [0, 0.1) is 0 Å². The summed E-state index contributed by atoms with van der Waals surface area (Å²) >= 11 is 2.88. The van der Waals surface area contributed by atoms with Crippen LogP contribution in [0.25, 0.3) is 0 Å². The second kappa shape index (κ2) is 4.26. The highest BCUT2D eigenvalue weighted by atomic mass is 79.9. The fourth-order valence-corrected chi connectivity index (χ4v) is 1.63. The molecule has 0 spiro atoms. The van der Waals surface area contributed by atoms with E-state index < -0.39 is 11.7 Å². The standard InChI is InChI=1S/C10H8BrF3O/c1-2-3-6-4-7(10(12,13)14)5-8(11)9(6)15/h2,4-5,15H,1,3H2. The molecule has 0 aliphatic heterocycles. The average molecular weight is 281 g/mol. The number of allylic oxidation sites excluding steroid dienone is 1. The van der Waals surface area contributed by atoms with Crippen LogP contribution in [0.2, 0.25) is 0 Å². The van der Waals surface area contributed by atoms with Gasteiger partial charge in [0.1, 0.15) is 5.75 Å². The largest absolute Gasteiger partial charge is 0.506 e. The van der Waals surface area contributed by atoms with Crippen LogP contribution >= 0.6 is 15.9 Å². The number of aromatic hydroxyl groups is 1. The summed E-state index contributed by atoms with van der Waals surface area (Å²) in [5.74, 6) is -0.178. The SMILES string of the molecule is C=CCc1cc(C(F)(F)F)cc(Br)c1O. The van der Waals surface area contributed by atoms with Crippen molar-refractivity contribution in [2.45, 2.75) is 12.6 Å². The summed E-state index contributed by atoms with van der Waals surface area (Å²) in [5, 5.41) is 9.46. The van der Waals surface area contributed by atoms with Crippen LogP contribution in [-0.2, 0) is 12.6 Å². The maximum Gasteiger partial charge on any atom is 0.416 e. The highest BCUT2D eigenvalue weighted by Crippen LogP contribution is 2.37. The molecule has 0 amide bonds. The van der Waals surface area contributed by atoms with Crippen LogP contribution in [0.3, 0.4) is 0 Å². The Balaban J connectivity index is 3.29. The monoisotopic (exact) mass is 280 g/mol. The number of benzene rings is 1. The number of phenols is 1. The molecule has 1 N–H and O–H groups in total. The Kier molecular flexibility index (Phi) is 3.44. The van der Waals surface area contributed by atoms with Crippen molar-refractivity contribution in [2.75, 3.05) is 0 Å². The van der Waals surface area contributed by atoms with Gasteiger partial charge in [-0.2, -0.15) is 13.2 Å². The fourth-order valence-electron chi connectivity index (χ4n) is 1.13. The molecule has 0 fully saturated rings. The van der Waals surface area contributed by atoms with Gasteiger partial charge in [0.15, 0.2) is 0 Å². The van der Waals surface area contributed by atoms with Crippen molar-refractivity contribution < 1.29 is 18.3 Å². The van der Waals surface area contributed by atoms with Crippen molar-refractivity contribution in [2.24, 2.45) is 0 Å². The molecule has 15 heavy (non-hydrogen) atoms. The summed E-state index contributed by atoms with van der Waals surface area (Å²) in [6, 6.07) is 1.77. The normalized spacial score (nSPS) is 11.5. The number of hydrogen-bond acceptors (Lipinski definition) is 1. The van der Waals surface area contributed by atoms with E-state index in [2.05, 4.69) is 22.5 Å². The molecule has 0 aliphatic rings. The quantitative estimate of drug-likeness (QED) is 0.815. The van der Waals surface area contributed by atoms with Crippen molar-refractivity contribution in [3.8, 4) is 5.75 Å². The van der Waals surface area contributed by atoms with E-state index in [1.165, 1.54) is 6.08 Å². The third kappa shape index (κ3) is 2.75. The van der Waals surface area contributed by atoms with Gasteiger partial charge in [-0.1, -0.05) is 6.08 Å². The molecule has 1 nitrogen and oxygen atoms in total. The molecule has 0 atom stereocenters. The smallest absolute Gasteiger partial charge is 0.416 e. The zero-order chi connectivity index (χ0) is 11.6. The van der Waals surface area contributed by atoms with Gasteiger partial charge in [0, 0.05) is 0 Å². The average Bonchev–Trinajstić information content (AvgIpc) is 2.11. The minimum atomic E-state index is -4.41. The van der Waals surface area contributed by atoms with Gasteiger partial charge in [0.2, 0.25) is 0 Å². The highest BCUT2D eigenvalue weighted by Gasteiger charge is 2.31. The third-order valence-corrected chi connectivity index (χ3v) is 2.44. The van der Waals surface area contributed by atoms with Gasteiger partial charge in [-0.3, -0.25) is 0 Å². The molecule has 0 heterocycles. The molecule has 0 saturated carbocycles. The predicted molar refractivity (Wildman–Crippen MR) is 54.7 cm³/mol. The van der Waals surface area contributed by atoms with Crippen molar-refractivity contribution >= 4 is 15.9 Å². The van der Waals surface area contributed by atoms with E-state index in [4.69, 9.17) is 0 Å². The number of phenolic OH excluding ortho intramolecular Hbond substituents is 1. The van der Waals surface area contributed by atoms with Crippen LogP contribution in [0.5, 0.6) is 5.75 Å². The topological polar surface area (TPSA) is 20.2 Å². The van der Waals surface area contributed by atoms with E-state index in [-0.39, 0.29) is 22.2 Å². The Hall–Kier alpha value is -0.970. The van der Waals surface area contributed by atoms with Crippen LogP contribution in [-0.4, -0.2) is 5.11 Å². The lowest BCUT2D eigenvalue weighted by Crippen LogP contribution is -2.05. The number of halogens is 4. The molecular formula is C10H8BrF3O. The Morgan fingerprint density at radius 3 is 2.47 bits per heavy atom. The van der Waals surface area contributed by atoms with Gasteiger partial charge in [0.05, 0.1) is 10.0 Å². The number of rotatable bonds is 2. The maximum absolute atomic E-state index is 12.4. The lowest BCUT2D eigenvalue weighted by Gasteiger charge is -2.11. The first-order valence-electron chi connectivity index (χ1n) is 4.05. The van der Waals surface area contributed by atoms with E-state index in [9.17, 15) is 18.3 Å². The summed E-state index contributed by atoms with van der Waals surface area (Å²) in [5.41, 5.74) is -0.587. The van der Waals surface area contributed by atoms with E-state index in [0.717, 1.165) is 12.1 Å². The zero-order valence-corrected chi connectivity index (χ0v) is 9.19. The predicted octanol–water partition coefficient (Wildman–Crippen LogP) is 3.90. The molecule has 5 heteroatoms. The fraction of sp³-hybridized carbons (Fsp3) is 0.200. The second-order valence-corrected chi connectivity index (χ2v) is 3.81. The summed E-state index contributed by atoms with van der Waals surface area (Å²) in [4.78, 5) is 0. The Morgan fingerprint density at radius 2 is 2.00 bits per heavy atom. The minimum absolute atomic E-state index is 0.0363. The molecule has 0 unspecified atom stereocenters. The molecule has 82 valence electrons. The minimum Gasteiger partial charge on any atom is -0.506 e. The van der Waals surface area contributed by atoms with E-state index in [1.807, 2.05) is 0 Å². The lowest BCUT2D eigenvalue weighted by atomic mass is 10.1. The van der Waals surface area contributed by atoms with Crippen molar-refractivity contribution in [3.63, 3.8) is 0 Å². The van der Waals surface area contributed by atoms with Crippen molar-refractivity contribution in [1.82, 2.24) is 0 Å². The molecule has 0 saturated heterocycles. The van der Waals surface area contributed by atoms with Crippen LogP contribution < -0.4 is 0 Å². The summed E-state index contributed by atoms with van der Waals surface area (Å²) in [6.45, 7) is 3.41. The molecular weight excluding hydrogens is 273 g/mol. The Labute approximate surface area is 93.4 Å². The lowest BCUT2D eigenvalue weighted by molar-refractivity contribution is -0.137. The highest BCUT2D eigenvalue weighted by molar-refractivity contribution is 9.10. The molecule has 1 rings (SSSR count). The van der Waals surface area contributed by atoms with E-state index in [1.54, 1.807) is 0 Å². The first-order chi connectivity index (χ1) is 6.86. The van der Waals surface area contributed by atoms with Crippen LogP contribution in [0.1, 0.15) is 11.1 Å². The molecule has 0 aliphatic carbocycles. The first-order valence-corrected chi connectivity index (χ1v) is 4.85.